The zero-order chi connectivity index (χ0) is 20.1. The average molecular weight is 402 g/mol. The summed E-state index contributed by atoms with van der Waals surface area (Å²) in [5.41, 5.74) is 0. The molecule has 1 aromatic rings. The molecule has 1 amide bonds. The highest BCUT2D eigenvalue weighted by Crippen LogP contribution is 2.22. The Morgan fingerprint density at radius 1 is 0.929 bits per heavy atom. The number of amides is 1. The monoisotopic (exact) mass is 402 g/mol. The van der Waals surface area contributed by atoms with Gasteiger partial charge < -0.3 is 19.8 Å². The summed E-state index contributed by atoms with van der Waals surface area (Å²) in [6, 6.07) is 3.75. The molecule has 2 fully saturated rings. The molecule has 0 unspecified atom stereocenters. The molecule has 28 heavy (non-hydrogen) atoms. The molecule has 11 heteroatoms. The number of alkyl halides is 3. The number of aliphatic hydroxyl groups is 1. The maximum absolute atomic E-state index is 12.4. The summed E-state index contributed by atoms with van der Waals surface area (Å²) in [5, 5.41) is 17.5. The molecule has 1 N–H and O–H groups in total. The first-order valence-electron chi connectivity index (χ1n) is 9.37. The molecule has 0 saturated carbocycles. The van der Waals surface area contributed by atoms with E-state index < -0.39 is 18.5 Å². The Hall–Kier alpha value is -2.14. The molecule has 0 aromatic carbocycles. The van der Waals surface area contributed by atoms with Crippen molar-refractivity contribution in [2.24, 2.45) is 0 Å². The minimum Gasteiger partial charge on any atom is -0.395 e. The van der Waals surface area contributed by atoms with E-state index in [2.05, 4.69) is 20.0 Å². The summed E-state index contributed by atoms with van der Waals surface area (Å²) >= 11 is 0. The summed E-state index contributed by atoms with van der Waals surface area (Å²) < 4.78 is 37.1. The van der Waals surface area contributed by atoms with Crippen molar-refractivity contribution in [3.63, 3.8) is 0 Å². The van der Waals surface area contributed by atoms with Crippen LogP contribution in [0.5, 0.6) is 0 Å². The number of anilines is 2. The van der Waals surface area contributed by atoms with Crippen molar-refractivity contribution < 1.29 is 23.1 Å². The second kappa shape index (κ2) is 8.91. The largest absolute Gasteiger partial charge is 0.397 e. The fourth-order valence-corrected chi connectivity index (χ4v) is 3.47. The van der Waals surface area contributed by atoms with Crippen molar-refractivity contribution in [2.75, 3.05) is 75.3 Å². The number of carbonyl (C=O) groups is 1. The standard InChI is InChI=1S/C17H25F3N6O2/c18-17(19,20)13-16(28)26-9-7-25(8-10-26)15-2-1-14(21-22-15)24-5-3-23(4-6-24)11-12-27/h1-2,27H,3-13H2. The molecular weight excluding hydrogens is 377 g/mol. The van der Waals surface area contributed by atoms with Crippen LogP contribution >= 0.6 is 0 Å². The van der Waals surface area contributed by atoms with E-state index >= 15 is 0 Å². The van der Waals surface area contributed by atoms with Gasteiger partial charge in [-0.1, -0.05) is 0 Å². The predicted octanol–water partition coefficient (Wildman–Crippen LogP) is 0.192. The van der Waals surface area contributed by atoms with Crippen molar-refractivity contribution in [3.8, 4) is 0 Å². The number of halogens is 3. The van der Waals surface area contributed by atoms with E-state index in [4.69, 9.17) is 5.11 Å². The molecule has 0 aliphatic carbocycles. The van der Waals surface area contributed by atoms with Crippen LogP contribution in [-0.4, -0.2) is 103 Å². The molecule has 0 radical (unpaired) electrons. The highest BCUT2D eigenvalue weighted by molar-refractivity contribution is 5.77. The van der Waals surface area contributed by atoms with Gasteiger partial charge >= 0.3 is 6.18 Å². The normalized spacial score (nSPS) is 19.2. The molecule has 1 aromatic heterocycles. The van der Waals surface area contributed by atoms with Crippen molar-refractivity contribution in [2.45, 2.75) is 12.6 Å². The van der Waals surface area contributed by atoms with E-state index in [0.717, 1.165) is 32.0 Å². The number of hydrogen-bond donors (Lipinski definition) is 1. The maximum atomic E-state index is 12.4. The van der Waals surface area contributed by atoms with E-state index in [-0.39, 0.29) is 19.7 Å². The SMILES string of the molecule is O=C(CC(F)(F)F)N1CCN(c2ccc(N3CCN(CCO)CC3)nn2)CC1. The summed E-state index contributed by atoms with van der Waals surface area (Å²) in [5.74, 6) is 0.561. The zero-order valence-electron chi connectivity index (χ0n) is 15.6. The minimum atomic E-state index is -4.47. The number of β-amino-alcohol motifs (C(OH)–C–C–N with tert-alkyl or cyclic N) is 1. The number of aliphatic hydroxyl groups excluding tert-OH is 1. The first-order chi connectivity index (χ1) is 13.4. The molecule has 156 valence electrons. The van der Waals surface area contributed by atoms with Gasteiger partial charge in [-0.05, 0) is 12.1 Å². The number of hydrogen-bond acceptors (Lipinski definition) is 7. The van der Waals surface area contributed by atoms with Gasteiger partial charge in [-0.25, -0.2) is 0 Å². The second-order valence-electron chi connectivity index (χ2n) is 6.96. The van der Waals surface area contributed by atoms with Crippen molar-refractivity contribution in [1.29, 1.82) is 0 Å². The highest BCUT2D eigenvalue weighted by Gasteiger charge is 2.34. The molecule has 3 heterocycles. The van der Waals surface area contributed by atoms with Crippen LogP contribution in [0.25, 0.3) is 0 Å². The van der Waals surface area contributed by atoms with E-state index in [1.807, 2.05) is 17.0 Å². The lowest BCUT2D eigenvalue weighted by Gasteiger charge is -2.36. The molecule has 0 atom stereocenters. The number of piperazine rings is 2. The van der Waals surface area contributed by atoms with Crippen LogP contribution in [0.1, 0.15) is 6.42 Å². The minimum absolute atomic E-state index is 0.156. The van der Waals surface area contributed by atoms with Crippen LogP contribution in [0.15, 0.2) is 12.1 Å². The molecule has 8 nitrogen and oxygen atoms in total. The topological polar surface area (TPSA) is 76.0 Å². The Morgan fingerprint density at radius 3 is 1.86 bits per heavy atom. The van der Waals surface area contributed by atoms with Crippen molar-refractivity contribution in [1.82, 2.24) is 20.0 Å². The van der Waals surface area contributed by atoms with Crippen LogP contribution in [0.3, 0.4) is 0 Å². The van der Waals surface area contributed by atoms with Gasteiger partial charge in [0.1, 0.15) is 6.42 Å². The number of rotatable bonds is 5. The maximum Gasteiger partial charge on any atom is 0.397 e. The van der Waals surface area contributed by atoms with E-state index in [0.29, 0.717) is 25.5 Å². The third kappa shape index (κ3) is 5.44. The van der Waals surface area contributed by atoms with Crippen LogP contribution in [0.4, 0.5) is 24.8 Å². The number of aromatic nitrogens is 2. The lowest BCUT2D eigenvalue weighted by molar-refractivity contribution is -0.161. The van der Waals surface area contributed by atoms with E-state index in [1.54, 1.807) is 0 Å². The van der Waals surface area contributed by atoms with Gasteiger partial charge in [-0.3, -0.25) is 9.69 Å². The van der Waals surface area contributed by atoms with Crippen molar-refractivity contribution in [3.05, 3.63) is 12.1 Å². The van der Waals surface area contributed by atoms with Gasteiger partial charge in [0, 0.05) is 58.9 Å². The van der Waals surface area contributed by atoms with E-state index in [1.165, 1.54) is 4.90 Å². The number of carbonyl (C=O) groups excluding carboxylic acids is 1. The summed E-state index contributed by atoms with van der Waals surface area (Å²) in [6.45, 7) is 5.52. The summed E-state index contributed by atoms with van der Waals surface area (Å²) in [4.78, 5) is 19.2. The van der Waals surface area contributed by atoms with Crippen LogP contribution in [0, 0.1) is 0 Å². The van der Waals surface area contributed by atoms with Gasteiger partial charge in [-0.15, -0.1) is 10.2 Å². The lowest BCUT2D eigenvalue weighted by atomic mass is 10.2. The fraction of sp³-hybridized carbons (Fsp3) is 0.706. The van der Waals surface area contributed by atoms with Crippen LogP contribution < -0.4 is 9.80 Å². The zero-order valence-corrected chi connectivity index (χ0v) is 15.6. The Balaban J connectivity index is 1.49. The van der Waals surface area contributed by atoms with Crippen molar-refractivity contribution >= 4 is 17.5 Å². The Morgan fingerprint density at radius 2 is 1.43 bits per heavy atom. The lowest BCUT2D eigenvalue weighted by Crippen LogP contribution is -2.50. The molecule has 2 aliphatic rings. The molecule has 2 aliphatic heterocycles. The quantitative estimate of drug-likeness (QED) is 0.754. The van der Waals surface area contributed by atoms with Crippen LogP contribution in [-0.2, 0) is 4.79 Å². The third-order valence-corrected chi connectivity index (χ3v) is 5.06. The Bertz CT molecular complexity index is 641. The third-order valence-electron chi connectivity index (χ3n) is 5.06. The molecule has 3 rings (SSSR count). The van der Waals surface area contributed by atoms with Gasteiger partial charge in [0.15, 0.2) is 11.6 Å². The van der Waals surface area contributed by atoms with Gasteiger partial charge in [0.2, 0.25) is 5.91 Å². The van der Waals surface area contributed by atoms with Crippen LogP contribution in [0.2, 0.25) is 0 Å². The average Bonchev–Trinajstić information content (AvgIpc) is 2.68. The van der Waals surface area contributed by atoms with Gasteiger partial charge in [0.05, 0.1) is 6.61 Å². The summed E-state index contributed by atoms with van der Waals surface area (Å²) in [7, 11) is 0. The Labute approximate surface area is 161 Å². The number of nitrogens with zero attached hydrogens (tertiary/aromatic N) is 6. The highest BCUT2D eigenvalue weighted by atomic mass is 19.4. The molecule has 2 saturated heterocycles. The Kier molecular flexibility index (Phi) is 6.55. The molecular formula is C17H25F3N6O2. The first kappa shape index (κ1) is 20.6. The smallest absolute Gasteiger partial charge is 0.395 e. The molecule has 0 bridgehead atoms. The van der Waals surface area contributed by atoms with Gasteiger partial charge in [0.25, 0.3) is 0 Å². The second-order valence-corrected chi connectivity index (χ2v) is 6.96. The predicted molar refractivity (Wildman–Crippen MR) is 97.2 cm³/mol. The molecule has 0 spiro atoms. The van der Waals surface area contributed by atoms with E-state index in [9.17, 15) is 18.0 Å². The summed E-state index contributed by atoms with van der Waals surface area (Å²) in [6.07, 6.45) is -5.88. The van der Waals surface area contributed by atoms with Gasteiger partial charge in [-0.2, -0.15) is 13.2 Å². The first-order valence-corrected chi connectivity index (χ1v) is 9.37. The fourth-order valence-electron chi connectivity index (χ4n) is 3.47.